The van der Waals surface area contributed by atoms with Gasteiger partial charge in [0.25, 0.3) is 0 Å². The highest BCUT2D eigenvalue weighted by Crippen LogP contribution is 2.47. The van der Waals surface area contributed by atoms with Crippen LogP contribution in [0.2, 0.25) is 0 Å². The summed E-state index contributed by atoms with van der Waals surface area (Å²) in [5.74, 6) is 3.59. The molecule has 1 aromatic heterocycles. The SMILES string of the molecule is CC(C)CN1CCOC(CNC(=O)/C=C/c2ccc(C3CC3C)o2)C1. The third-order valence-corrected chi connectivity index (χ3v) is 4.87. The Morgan fingerprint density at radius 2 is 2.24 bits per heavy atom. The summed E-state index contributed by atoms with van der Waals surface area (Å²) in [6.45, 7) is 10.9. The van der Waals surface area contributed by atoms with E-state index in [9.17, 15) is 4.79 Å². The first-order valence-electron chi connectivity index (χ1n) is 9.41. The number of ether oxygens (including phenoxy) is 1. The van der Waals surface area contributed by atoms with E-state index in [1.807, 2.05) is 12.1 Å². The Balaban J connectivity index is 1.41. The van der Waals surface area contributed by atoms with Gasteiger partial charge < -0.3 is 14.5 Å². The van der Waals surface area contributed by atoms with E-state index in [2.05, 4.69) is 31.0 Å². The Morgan fingerprint density at radius 1 is 1.44 bits per heavy atom. The lowest BCUT2D eigenvalue weighted by Gasteiger charge is -2.33. The largest absolute Gasteiger partial charge is 0.461 e. The fraction of sp³-hybridized carbons (Fsp3) is 0.650. The molecular formula is C20H30N2O3. The van der Waals surface area contributed by atoms with E-state index in [4.69, 9.17) is 9.15 Å². The van der Waals surface area contributed by atoms with Gasteiger partial charge in [-0.2, -0.15) is 0 Å². The van der Waals surface area contributed by atoms with Crippen molar-refractivity contribution in [3.8, 4) is 0 Å². The highest BCUT2D eigenvalue weighted by atomic mass is 16.5. The summed E-state index contributed by atoms with van der Waals surface area (Å²) in [7, 11) is 0. The van der Waals surface area contributed by atoms with Crippen LogP contribution in [0.5, 0.6) is 0 Å². The maximum atomic E-state index is 12.0. The van der Waals surface area contributed by atoms with Crippen LogP contribution in [-0.2, 0) is 9.53 Å². The van der Waals surface area contributed by atoms with Crippen LogP contribution in [-0.4, -0.2) is 49.7 Å². The molecule has 0 bridgehead atoms. The first-order valence-corrected chi connectivity index (χ1v) is 9.41. The lowest BCUT2D eigenvalue weighted by atomic mass is 10.2. The molecule has 0 spiro atoms. The average molecular weight is 346 g/mol. The molecule has 2 fully saturated rings. The van der Waals surface area contributed by atoms with Gasteiger partial charge in [-0.25, -0.2) is 0 Å². The first kappa shape index (κ1) is 18.2. The number of carbonyl (C=O) groups is 1. The monoisotopic (exact) mass is 346 g/mol. The Morgan fingerprint density at radius 3 is 2.96 bits per heavy atom. The van der Waals surface area contributed by atoms with Crippen molar-refractivity contribution in [1.82, 2.24) is 10.2 Å². The van der Waals surface area contributed by atoms with Crippen LogP contribution in [0, 0.1) is 11.8 Å². The van der Waals surface area contributed by atoms with Gasteiger partial charge in [-0.05, 0) is 36.5 Å². The van der Waals surface area contributed by atoms with Crippen molar-refractivity contribution in [1.29, 1.82) is 0 Å². The Hall–Kier alpha value is -1.59. The second kappa shape index (κ2) is 8.19. The first-order chi connectivity index (χ1) is 12.0. The molecule has 138 valence electrons. The van der Waals surface area contributed by atoms with E-state index >= 15 is 0 Å². The number of amides is 1. The van der Waals surface area contributed by atoms with Crippen LogP contribution in [0.4, 0.5) is 0 Å². The smallest absolute Gasteiger partial charge is 0.244 e. The van der Waals surface area contributed by atoms with Gasteiger partial charge in [0.15, 0.2) is 0 Å². The predicted octanol–water partition coefficient (Wildman–Crippen LogP) is 2.89. The minimum absolute atomic E-state index is 0.0661. The number of furan rings is 1. The van der Waals surface area contributed by atoms with Crippen molar-refractivity contribution in [2.75, 3.05) is 32.8 Å². The zero-order valence-electron chi connectivity index (χ0n) is 15.5. The molecule has 1 aliphatic carbocycles. The number of morpholine rings is 1. The van der Waals surface area contributed by atoms with Crippen LogP contribution in [0.25, 0.3) is 6.08 Å². The Kier molecular flexibility index (Phi) is 5.97. The molecule has 1 N–H and O–H groups in total. The quantitative estimate of drug-likeness (QED) is 0.772. The van der Waals surface area contributed by atoms with E-state index in [0.717, 1.165) is 43.7 Å². The van der Waals surface area contributed by atoms with Crippen LogP contribution >= 0.6 is 0 Å². The lowest BCUT2D eigenvalue weighted by molar-refractivity contribution is -0.117. The Labute approximate surface area is 150 Å². The van der Waals surface area contributed by atoms with Crippen LogP contribution in [0.1, 0.15) is 44.6 Å². The van der Waals surface area contributed by atoms with Gasteiger partial charge in [0, 0.05) is 38.2 Å². The van der Waals surface area contributed by atoms with Crippen molar-refractivity contribution in [2.24, 2.45) is 11.8 Å². The summed E-state index contributed by atoms with van der Waals surface area (Å²) >= 11 is 0. The van der Waals surface area contributed by atoms with E-state index in [-0.39, 0.29) is 12.0 Å². The molecule has 1 amide bonds. The minimum Gasteiger partial charge on any atom is -0.461 e. The summed E-state index contributed by atoms with van der Waals surface area (Å²) < 4.78 is 11.5. The zero-order valence-corrected chi connectivity index (χ0v) is 15.5. The van der Waals surface area contributed by atoms with Crippen LogP contribution in [0.15, 0.2) is 22.6 Å². The number of rotatable bonds is 7. The summed E-state index contributed by atoms with van der Waals surface area (Å²) in [6.07, 6.45) is 4.54. The number of hydrogen-bond donors (Lipinski definition) is 1. The van der Waals surface area contributed by atoms with Gasteiger partial charge in [0.1, 0.15) is 11.5 Å². The van der Waals surface area contributed by atoms with Gasteiger partial charge in [-0.1, -0.05) is 20.8 Å². The van der Waals surface area contributed by atoms with Crippen molar-refractivity contribution < 1.29 is 13.9 Å². The maximum absolute atomic E-state index is 12.0. The highest BCUT2D eigenvalue weighted by molar-refractivity contribution is 5.91. The molecule has 3 unspecified atom stereocenters. The molecule has 1 aliphatic heterocycles. The molecule has 2 aliphatic rings. The molecule has 1 aromatic rings. The molecule has 5 nitrogen and oxygen atoms in total. The van der Waals surface area contributed by atoms with E-state index < -0.39 is 0 Å². The Bertz CT molecular complexity index is 608. The van der Waals surface area contributed by atoms with E-state index in [1.54, 1.807) is 6.08 Å². The summed E-state index contributed by atoms with van der Waals surface area (Å²) in [4.78, 5) is 14.4. The van der Waals surface area contributed by atoms with Gasteiger partial charge in [-0.15, -0.1) is 0 Å². The van der Waals surface area contributed by atoms with Crippen molar-refractivity contribution >= 4 is 12.0 Å². The van der Waals surface area contributed by atoms with Gasteiger partial charge in [0.2, 0.25) is 5.91 Å². The maximum Gasteiger partial charge on any atom is 0.244 e. The number of nitrogens with zero attached hydrogens (tertiary/aromatic N) is 1. The van der Waals surface area contributed by atoms with Crippen molar-refractivity contribution in [3.63, 3.8) is 0 Å². The molecule has 2 heterocycles. The lowest BCUT2D eigenvalue weighted by Crippen LogP contribution is -2.48. The minimum atomic E-state index is -0.109. The predicted molar refractivity (Wildman–Crippen MR) is 98.3 cm³/mol. The third kappa shape index (κ3) is 5.44. The second-order valence-electron chi connectivity index (χ2n) is 7.78. The molecule has 1 saturated heterocycles. The average Bonchev–Trinajstić information content (AvgIpc) is 3.11. The topological polar surface area (TPSA) is 54.7 Å². The van der Waals surface area contributed by atoms with Gasteiger partial charge >= 0.3 is 0 Å². The summed E-state index contributed by atoms with van der Waals surface area (Å²) in [6, 6.07) is 3.95. The summed E-state index contributed by atoms with van der Waals surface area (Å²) in [5.41, 5.74) is 0. The third-order valence-electron chi connectivity index (χ3n) is 4.87. The fourth-order valence-electron chi connectivity index (χ4n) is 3.39. The molecular weight excluding hydrogens is 316 g/mol. The molecule has 3 atom stereocenters. The van der Waals surface area contributed by atoms with Crippen molar-refractivity contribution in [2.45, 2.75) is 39.2 Å². The molecule has 5 heteroatoms. The fourth-order valence-corrected chi connectivity index (χ4v) is 3.39. The number of hydrogen-bond acceptors (Lipinski definition) is 4. The zero-order chi connectivity index (χ0) is 17.8. The molecule has 0 aromatic carbocycles. The van der Waals surface area contributed by atoms with Gasteiger partial charge in [-0.3, -0.25) is 9.69 Å². The van der Waals surface area contributed by atoms with Crippen LogP contribution < -0.4 is 5.32 Å². The molecule has 1 saturated carbocycles. The van der Waals surface area contributed by atoms with Gasteiger partial charge in [0.05, 0.1) is 12.7 Å². The molecule has 25 heavy (non-hydrogen) atoms. The van der Waals surface area contributed by atoms with E-state index in [0.29, 0.717) is 18.4 Å². The van der Waals surface area contributed by atoms with E-state index in [1.165, 1.54) is 12.5 Å². The van der Waals surface area contributed by atoms with Crippen LogP contribution in [0.3, 0.4) is 0 Å². The molecule has 3 rings (SSSR count). The second-order valence-corrected chi connectivity index (χ2v) is 7.78. The highest BCUT2D eigenvalue weighted by Gasteiger charge is 2.36. The standard InChI is InChI=1S/C20H30N2O3/c1-14(2)12-22-8-9-24-17(13-22)11-21-20(23)7-5-16-4-6-19(25-16)18-10-15(18)3/h4-7,14-15,17-18H,8-13H2,1-3H3,(H,21,23)/b7-5+. The van der Waals surface area contributed by atoms with Crippen molar-refractivity contribution in [3.05, 3.63) is 29.7 Å². The number of carbonyl (C=O) groups excluding carboxylic acids is 1. The number of nitrogens with one attached hydrogen (secondary N) is 1. The molecule has 0 radical (unpaired) electrons. The summed E-state index contributed by atoms with van der Waals surface area (Å²) in [5, 5.41) is 2.93. The normalized spacial score (nSPS) is 27.1.